The third-order valence-electron chi connectivity index (χ3n) is 20.7. The Labute approximate surface area is 542 Å². The summed E-state index contributed by atoms with van der Waals surface area (Å²) < 4.78 is 4.85. The van der Waals surface area contributed by atoms with Crippen LogP contribution in [-0.2, 0) is 10.8 Å². The second kappa shape index (κ2) is 20.1. The molecule has 438 valence electrons. The second-order valence-corrected chi connectivity index (χ2v) is 25.2. The Hall–Kier alpha value is -12.4. The topological polar surface area (TPSA) is 42.1 Å². The Balaban J connectivity index is 0.882. The zero-order valence-corrected chi connectivity index (χ0v) is 51.0. The van der Waals surface area contributed by atoms with Crippen LogP contribution in [0.4, 0.5) is 34.1 Å². The molecule has 2 aliphatic rings. The fraction of sp³-hybridized carbons (Fsp3) is 0.0227. The number of pyridine rings is 2. The van der Waals surface area contributed by atoms with Crippen molar-refractivity contribution in [3.63, 3.8) is 0 Å². The van der Waals surface area contributed by atoms with Crippen molar-refractivity contribution in [1.29, 1.82) is 0 Å². The number of aromatic nitrogens is 4. The van der Waals surface area contributed by atoms with Gasteiger partial charge in [-0.15, -0.1) is 0 Å². The molecule has 0 spiro atoms. The highest BCUT2D eigenvalue weighted by molar-refractivity contribution is 6.29. The maximum atomic E-state index is 4.50. The fourth-order valence-electron chi connectivity index (χ4n) is 17.1. The van der Waals surface area contributed by atoms with Crippen molar-refractivity contribution in [3.05, 3.63) is 385 Å². The number of hydrogen-bond acceptors (Lipinski definition) is 4. The number of anilines is 6. The maximum Gasteiger partial charge on any atom is 0.0742 e. The van der Waals surface area contributed by atoms with Gasteiger partial charge in [-0.1, -0.05) is 231 Å². The van der Waals surface area contributed by atoms with Crippen LogP contribution in [0.15, 0.2) is 340 Å². The molecule has 6 heteroatoms. The molecule has 6 nitrogen and oxygen atoms in total. The fourth-order valence-corrected chi connectivity index (χ4v) is 17.1. The van der Waals surface area contributed by atoms with Gasteiger partial charge in [0.2, 0.25) is 0 Å². The summed E-state index contributed by atoms with van der Waals surface area (Å²) >= 11 is 0. The van der Waals surface area contributed by atoms with Crippen LogP contribution in [0.5, 0.6) is 0 Å². The molecule has 0 atom stereocenters. The van der Waals surface area contributed by atoms with Crippen LogP contribution in [0, 0.1) is 0 Å². The molecule has 0 aliphatic carbocycles. The van der Waals surface area contributed by atoms with Gasteiger partial charge in [0.15, 0.2) is 0 Å². The Morgan fingerprint density at radius 3 is 0.957 bits per heavy atom. The van der Waals surface area contributed by atoms with E-state index in [9.17, 15) is 0 Å². The van der Waals surface area contributed by atoms with Crippen LogP contribution in [0.3, 0.4) is 0 Å². The van der Waals surface area contributed by atoms with Crippen LogP contribution >= 0.6 is 0 Å². The van der Waals surface area contributed by atoms with Crippen molar-refractivity contribution in [1.82, 2.24) is 19.1 Å². The van der Waals surface area contributed by atoms with Gasteiger partial charge in [-0.3, -0.25) is 9.97 Å². The average molecular weight is 1200 g/mol. The molecule has 0 bridgehead atoms. The minimum atomic E-state index is -0.713. The minimum Gasteiger partial charge on any atom is -0.309 e. The van der Waals surface area contributed by atoms with E-state index < -0.39 is 10.8 Å². The van der Waals surface area contributed by atoms with Crippen LogP contribution in [0.25, 0.3) is 87.3 Å². The zero-order valence-electron chi connectivity index (χ0n) is 51.0. The predicted octanol–water partition coefficient (Wildman–Crippen LogP) is 21.9. The normalized spacial score (nSPS) is 13.9. The monoisotopic (exact) mass is 1200 g/mol. The number of benzene rings is 14. The molecule has 0 amide bonds. The molecule has 0 unspecified atom stereocenters. The quantitative estimate of drug-likeness (QED) is 0.142. The molecular weight excluding hydrogens is 1140 g/mol. The highest BCUT2D eigenvalue weighted by atomic mass is 15.2. The Kier molecular flexibility index (Phi) is 11.2. The summed E-state index contributed by atoms with van der Waals surface area (Å²) in [5.41, 5.74) is 21.6. The summed E-state index contributed by atoms with van der Waals surface area (Å²) in [6.45, 7) is 0. The second-order valence-electron chi connectivity index (χ2n) is 25.2. The third-order valence-corrected chi connectivity index (χ3v) is 20.7. The van der Waals surface area contributed by atoms with E-state index in [0.717, 1.165) is 67.6 Å². The zero-order chi connectivity index (χ0) is 61.6. The molecule has 0 saturated carbocycles. The molecule has 0 radical (unpaired) electrons. The summed E-state index contributed by atoms with van der Waals surface area (Å²) in [5.74, 6) is 0. The Bertz CT molecular complexity index is 5590. The third kappa shape index (κ3) is 7.08. The molecule has 0 saturated heterocycles. The van der Waals surface area contributed by atoms with Crippen LogP contribution in [0.2, 0.25) is 0 Å². The van der Waals surface area contributed by atoms with Crippen molar-refractivity contribution in [2.45, 2.75) is 10.8 Å². The van der Waals surface area contributed by atoms with Crippen molar-refractivity contribution in [2.75, 3.05) is 9.80 Å². The SMILES string of the molecule is c1ccc(C2(c3ccccc3)c3ccccc3N(c3ccc4ccc5c(N6c7ccccc7C(c7ccccc7)(c7ccccc7)c7cc8c9ccccc9n(-c9ccncc9)c8cc76)ccc6ccc3c4c65)c3cc4c(cc32)c2ccccc2n4-c2ccncc2)cc1. The van der Waals surface area contributed by atoms with Crippen molar-refractivity contribution in [2.24, 2.45) is 0 Å². The van der Waals surface area contributed by atoms with Gasteiger partial charge in [0.1, 0.15) is 0 Å². The van der Waals surface area contributed by atoms with E-state index in [-0.39, 0.29) is 0 Å². The number of nitrogens with zero attached hydrogens (tertiary/aromatic N) is 6. The van der Waals surface area contributed by atoms with Gasteiger partial charge < -0.3 is 18.9 Å². The Morgan fingerprint density at radius 2 is 0.564 bits per heavy atom. The van der Waals surface area contributed by atoms with E-state index in [1.54, 1.807) is 0 Å². The van der Waals surface area contributed by atoms with E-state index in [2.05, 4.69) is 344 Å². The van der Waals surface area contributed by atoms with Gasteiger partial charge in [-0.25, -0.2) is 0 Å². The lowest BCUT2D eigenvalue weighted by atomic mass is 9.62. The van der Waals surface area contributed by atoms with Gasteiger partial charge in [0, 0.05) is 68.5 Å². The average Bonchev–Trinajstić information content (AvgIpc) is 0.771. The van der Waals surface area contributed by atoms with Crippen molar-refractivity contribution >= 4 is 110 Å². The van der Waals surface area contributed by atoms with Gasteiger partial charge in [-0.05, 0) is 151 Å². The summed E-state index contributed by atoms with van der Waals surface area (Å²) in [5, 5.41) is 11.9. The summed E-state index contributed by atoms with van der Waals surface area (Å²) in [4.78, 5) is 14.2. The van der Waals surface area contributed by atoms with E-state index in [4.69, 9.17) is 0 Å². The highest BCUT2D eigenvalue weighted by Crippen LogP contribution is 2.63. The molecule has 0 fully saturated rings. The molecule has 94 heavy (non-hydrogen) atoms. The van der Waals surface area contributed by atoms with Crippen molar-refractivity contribution in [3.8, 4) is 11.4 Å². The molecule has 14 aromatic carbocycles. The maximum absolute atomic E-state index is 4.50. The van der Waals surface area contributed by atoms with Gasteiger partial charge in [0.05, 0.1) is 67.0 Å². The molecular formula is C88H56N6. The van der Waals surface area contributed by atoms with E-state index in [0.29, 0.717) is 0 Å². The number of rotatable bonds is 8. The first-order chi connectivity index (χ1) is 46.7. The standard InChI is InChI=1S/C88H56N6/c1-5-21-59(22-6-1)87(60-23-7-2-8-24-60)71-31-15-19-35-79(71)93(83-55-81-69(53-73(83)87)65-29-13-17-33-75(65)91(81)63-45-49-89-50-46-63)77-43-39-57-38-42-68-78(44-40-58-37-41-67(77)85(57)86(58)68)94-80-36-20-16-32-72(80)88(61-25-9-3-10-26-61,62-27-11-4-12-28-62)74-54-70-66-30-14-18-34-76(66)92(82(70)56-84(74)94)64-47-51-90-52-48-64/h1-56H. The molecule has 6 heterocycles. The highest BCUT2D eigenvalue weighted by Gasteiger charge is 2.49. The van der Waals surface area contributed by atoms with E-state index in [1.807, 2.05) is 24.8 Å². The predicted molar refractivity (Wildman–Crippen MR) is 388 cm³/mol. The van der Waals surface area contributed by atoms with Crippen LogP contribution in [-0.4, -0.2) is 19.1 Å². The number of hydrogen-bond donors (Lipinski definition) is 0. The Morgan fingerprint density at radius 1 is 0.223 bits per heavy atom. The molecule has 0 N–H and O–H groups in total. The minimum absolute atomic E-state index is 0.713. The van der Waals surface area contributed by atoms with Crippen LogP contribution < -0.4 is 9.80 Å². The number of fused-ring (bicyclic) bond motifs is 10. The first kappa shape index (κ1) is 52.4. The molecule has 18 aromatic rings. The first-order valence-corrected chi connectivity index (χ1v) is 32.4. The van der Waals surface area contributed by atoms with E-state index >= 15 is 0 Å². The van der Waals surface area contributed by atoms with Gasteiger partial charge >= 0.3 is 0 Å². The summed E-state index contributed by atoms with van der Waals surface area (Å²) in [6, 6.07) is 118. The smallest absolute Gasteiger partial charge is 0.0742 e. The first-order valence-electron chi connectivity index (χ1n) is 32.4. The van der Waals surface area contributed by atoms with Gasteiger partial charge in [0.25, 0.3) is 0 Å². The van der Waals surface area contributed by atoms with Gasteiger partial charge in [-0.2, -0.15) is 0 Å². The lowest BCUT2D eigenvalue weighted by Gasteiger charge is -2.47. The summed E-state index contributed by atoms with van der Waals surface area (Å²) in [6.07, 6.45) is 7.60. The lowest BCUT2D eigenvalue weighted by Crippen LogP contribution is -2.37. The van der Waals surface area contributed by atoms with E-state index in [1.165, 1.54) is 98.4 Å². The lowest BCUT2D eigenvalue weighted by molar-refractivity contribution is 0.733. The van der Waals surface area contributed by atoms with Crippen LogP contribution in [0.1, 0.15) is 44.5 Å². The molecule has 20 rings (SSSR count). The van der Waals surface area contributed by atoms with Crippen molar-refractivity contribution < 1.29 is 0 Å². The number of para-hydroxylation sites is 4. The largest absolute Gasteiger partial charge is 0.309 e. The molecule has 2 aliphatic heterocycles. The molecule has 4 aromatic heterocycles. The summed E-state index contributed by atoms with van der Waals surface area (Å²) in [7, 11) is 0.